The second-order valence-electron chi connectivity index (χ2n) is 6.20. The Kier molecular flexibility index (Phi) is 6.29. The summed E-state index contributed by atoms with van der Waals surface area (Å²) >= 11 is 0. The lowest BCUT2D eigenvalue weighted by molar-refractivity contribution is -0.135. The smallest absolute Gasteiger partial charge is 0.331 e. The predicted molar refractivity (Wildman–Crippen MR) is 109 cm³/mol. The molecular weight excluding hydrogens is 372 g/mol. The molecule has 0 fully saturated rings. The normalized spacial score (nSPS) is 11.0. The molecular formula is C22H22N2O5. The molecule has 1 heterocycles. The van der Waals surface area contributed by atoms with Crippen LogP contribution in [-0.2, 0) is 27.3 Å². The summed E-state index contributed by atoms with van der Waals surface area (Å²) < 4.78 is 17.3. The Balaban J connectivity index is 1.79. The lowest BCUT2D eigenvalue weighted by Crippen LogP contribution is -2.18. The van der Waals surface area contributed by atoms with E-state index in [4.69, 9.17) is 9.47 Å². The highest BCUT2D eigenvalue weighted by Gasteiger charge is 2.15. The Morgan fingerprint density at radius 2 is 1.90 bits per heavy atom. The number of methoxy groups -OCH3 is 2. The molecule has 2 aromatic carbocycles. The third-order valence-corrected chi connectivity index (χ3v) is 4.36. The number of rotatable bonds is 7. The number of ether oxygens (including phenoxy) is 3. The van der Waals surface area contributed by atoms with E-state index in [9.17, 15) is 9.59 Å². The van der Waals surface area contributed by atoms with Crippen LogP contribution in [0.5, 0.6) is 11.5 Å². The molecule has 0 unspecified atom stereocenters. The van der Waals surface area contributed by atoms with Gasteiger partial charge in [0.1, 0.15) is 12.4 Å². The van der Waals surface area contributed by atoms with Crippen molar-refractivity contribution in [2.24, 2.45) is 0 Å². The van der Waals surface area contributed by atoms with Gasteiger partial charge >= 0.3 is 11.9 Å². The largest absolute Gasteiger partial charge is 0.493 e. The van der Waals surface area contributed by atoms with Crippen molar-refractivity contribution in [3.63, 3.8) is 0 Å². The van der Waals surface area contributed by atoms with Crippen LogP contribution in [0.15, 0.2) is 48.5 Å². The van der Waals surface area contributed by atoms with Crippen molar-refractivity contribution in [1.82, 2.24) is 9.55 Å². The number of hydrogen-bond acceptors (Lipinski definition) is 6. The molecule has 0 radical (unpaired) electrons. The fourth-order valence-electron chi connectivity index (χ4n) is 2.96. The summed E-state index contributed by atoms with van der Waals surface area (Å²) in [5.41, 5.74) is 2.44. The summed E-state index contributed by atoms with van der Waals surface area (Å²) in [4.78, 5) is 28.4. The minimum Gasteiger partial charge on any atom is -0.493 e. The van der Waals surface area contributed by atoms with Crippen LogP contribution in [0.2, 0.25) is 0 Å². The third kappa shape index (κ3) is 4.63. The summed E-state index contributed by atoms with van der Waals surface area (Å²) in [6.45, 7) is 2.03. The highest BCUT2D eigenvalue weighted by Crippen LogP contribution is 2.29. The molecule has 0 aliphatic rings. The fraction of sp³-hybridized carbons (Fsp3) is 0.227. The molecule has 7 heteroatoms. The number of para-hydroxylation sites is 2. The molecule has 29 heavy (non-hydrogen) atoms. The monoisotopic (exact) mass is 394 g/mol. The van der Waals surface area contributed by atoms with E-state index in [-0.39, 0.29) is 6.54 Å². The van der Waals surface area contributed by atoms with E-state index in [1.54, 1.807) is 24.3 Å². The molecule has 3 aromatic rings. The van der Waals surface area contributed by atoms with Crippen molar-refractivity contribution in [3.05, 3.63) is 59.9 Å². The quantitative estimate of drug-likeness (QED) is 0.347. The maximum atomic E-state index is 12.6. The van der Waals surface area contributed by atoms with Gasteiger partial charge in [-0.3, -0.25) is 0 Å². The first-order chi connectivity index (χ1) is 14.0. The summed E-state index contributed by atoms with van der Waals surface area (Å²) in [5, 5.41) is 0. The average Bonchev–Trinajstić information content (AvgIpc) is 3.10. The Morgan fingerprint density at radius 3 is 2.62 bits per heavy atom. The van der Waals surface area contributed by atoms with Gasteiger partial charge in [-0.2, -0.15) is 0 Å². The zero-order chi connectivity index (χ0) is 20.8. The lowest BCUT2D eigenvalue weighted by Gasteiger charge is -2.11. The number of imidazole rings is 1. The Hall–Kier alpha value is -3.61. The SMILES string of the molecule is CCc1nc2ccccc2n1CC(=O)Oc1ccc(/C=C/C(=O)OC)cc1OC. The fourth-order valence-corrected chi connectivity index (χ4v) is 2.96. The van der Waals surface area contributed by atoms with Crippen molar-refractivity contribution in [1.29, 1.82) is 0 Å². The van der Waals surface area contributed by atoms with Gasteiger partial charge in [0.15, 0.2) is 11.5 Å². The molecule has 0 atom stereocenters. The van der Waals surface area contributed by atoms with Crippen LogP contribution in [0.25, 0.3) is 17.1 Å². The number of benzene rings is 2. The lowest BCUT2D eigenvalue weighted by atomic mass is 10.2. The highest BCUT2D eigenvalue weighted by atomic mass is 16.6. The topological polar surface area (TPSA) is 79.7 Å². The van der Waals surface area contributed by atoms with Gasteiger partial charge in [-0.25, -0.2) is 14.6 Å². The van der Waals surface area contributed by atoms with Gasteiger partial charge in [-0.1, -0.05) is 25.1 Å². The summed E-state index contributed by atoms with van der Waals surface area (Å²) in [5.74, 6) is 0.614. The van der Waals surface area contributed by atoms with Crippen molar-refractivity contribution >= 4 is 29.0 Å². The van der Waals surface area contributed by atoms with E-state index < -0.39 is 11.9 Å². The van der Waals surface area contributed by atoms with Gasteiger partial charge in [0.25, 0.3) is 0 Å². The van der Waals surface area contributed by atoms with Crippen LogP contribution in [0.3, 0.4) is 0 Å². The molecule has 0 bridgehead atoms. The highest BCUT2D eigenvalue weighted by molar-refractivity contribution is 5.87. The molecule has 0 spiro atoms. The van der Waals surface area contributed by atoms with Gasteiger partial charge < -0.3 is 18.8 Å². The molecule has 0 saturated carbocycles. The molecule has 0 saturated heterocycles. The van der Waals surface area contributed by atoms with Crippen LogP contribution in [0.4, 0.5) is 0 Å². The number of aryl methyl sites for hydroxylation is 1. The molecule has 0 aliphatic heterocycles. The number of esters is 2. The van der Waals surface area contributed by atoms with Gasteiger partial charge in [-0.15, -0.1) is 0 Å². The summed E-state index contributed by atoms with van der Waals surface area (Å²) in [6.07, 6.45) is 3.59. The standard InChI is InChI=1S/C22H22N2O5/c1-4-20-23-16-7-5-6-8-17(16)24(20)14-22(26)29-18-11-9-15(13-19(18)27-2)10-12-21(25)28-3/h5-13H,4,14H2,1-3H3/b12-10+. The third-order valence-electron chi connectivity index (χ3n) is 4.36. The van der Waals surface area contributed by atoms with Crippen LogP contribution < -0.4 is 9.47 Å². The Bertz CT molecular complexity index is 1070. The van der Waals surface area contributed by atoms with E-state index in [0.717, 1.165) is 16.9 Å². The second kappa shape index (κ2) is 9.05. The number of nitrogens with zero attached hydrogens (tertiary/aromatic N) is 2. The van der Waals surface area contributed by atoms with E-state index in [1.807, 2.05) is 35.8 Å². The van der Waals surface area contributed by atoms with E-state index in [2.05, 4.69) is 9.72 Å². The van der Waals surface area contributed by atoms with Crippen molar-refractivity contribution in [2.75, 3.05) is 14.2 Å². The molecule has 3 rings (SSSR count). The molecule has 150 valence electrons. The summed E-state index contributed by atoms with van der Waals surface area (Å²) in [7, 11) is 2.79. The van der Waals surface area contributed by atoms with Crippen LogP contribution in [-0.4, -0.2) is 35.7 Å². The molecule has 0 N–H and O–H groups in total. The second-order valence-corrected chi connectivity index (χ2v) is 6.20. The van der Waals surface area contributed by atoms with Crippen LogP contribution in [0.1, 0.15) is 18.3 Å². The first kappa shape index (κ1) is 20.1. The summed E-state index contributed by atoms with van der Waals surface area (Å²) in [6, 6.07) is 12.7. The van der Waals surface area contributed by atoms with Gasteiger partial charge in [0.2, 0.25) is 0 Å². The average molecular weight is 394 g/mol. The number of aromatic nitrogens is 2. The molecule has 0 aliphatic carbocycles. The van der Waals surface area contributed by atoms with E-state index >= 15 is 0 Å². The maximum Gasteiger partial charge on any atom is 0.331 e. The van der Waals surface area contributed by atoms with Gasteiger partial charge in [-0.05, 0) is 35.9 Å². The number of fused-ring (bicyclic) bond motifs is 1. The number of carbonyl (C=O) groups excluding carboxylic acids is 2. The van der Waals surface area contributed by atoms with Crippen LogP contribution >= 0.6 is 0 Å². The molecule has 0 amide bonds. The first-order valence-electron chi connectivity index (χ1n) is 9.14. The van der Waals surface area contributed by atoms with E-state index in [0.29, 0.717) is 23.5 Å². The zero-order valence-electron chi connectivity index (χ0n) is 16.5. The predicted octanol–water partition coefficient (Wildman–Crippen LogP) is 3.40. The number of hydrogen-bond donors (Lipinski definition) is 0. The van der Waals surface area contributed by atoms with Gasteiger partial charge in [0.05, 0.1) is 25.3 Å². The minimum atomic E-state index is -0.459. The first-order valence-corrected chi connectivity index (χ1v) is 9.14. The molecule has 1 aromatic heterocycles. The maximum absolute atomic E-state index is 12.6. The number of carbonyl (C=O) groups is 2. The van der Waals surface area contributed by atoms with Crippen molar-refractivity contribution in [3.8, 4) is 11.5 Å². The Morgan fingerprint density at radius 1 is 1.10 bits per heavy atom. The van der Waals surface area contributed by atoms with Crippen molar-refractivity contribution in [2.45, 2.75) is 19.9 Å². The molecule has 7 nitrogen and oxygen atoms in total. The van der Waals surface area contributed by atoms with Crippen LogP contribution in [0, 0.1) is 0 Å². The Labute approximate surface area is 168 Å². The van der Waals surface area contributed by atoms with Crippen molar-refractivity contribution < 1.29 is 23.8 Å². The minimum absolute atomic E-state index is 0.0385. The van der Waals surface area contributed by atoms with E-state index in [1.165, 1.54) is 20.3 Å². The van der Waals surface area contributed by atoms with Gasteiger partial charge in [0, 0.05) is 12.5 Å². The zero-order valence-corrected chi connectivity index (χ0v) is 16.5.